The van der Waals surface area contributed by atoms with Gasteiger partial charge in [0.15, 0.2) is 0 Å². The second-order valence-corrected chi connectivity index (χ2v) is 4.45. The van der Waals surface area contributed by atoms with E-state index in [0.29, 0.717) is 0 Å². The topological polar surface area (TPSA) is 12.4 Å². The molecule has 0 radical (unpaired) electrons. The van der Waals surface area contributed by atoms with Crippen LogP contribution in [0, 0.1) is 0 Å². The van der Waals surface area contributed by atoms with E-state index in [9.17, 15) is 0 Å². The van der Waals surface area contributed by atoms with Crippen LogP contribution in [0.25, 0.3) is 0 Å². The maximum absolute atomic E-state index is 4.48. The molecule has 2 aromatic carbocycles. The first kappa shape index (κ1) is 14.1. The molecule has 0 atom stereocenters. The zero-order chi connectivity index (χ0) is 10.1. The molecule has 1 aliphatic heterocycles. The zero-order valence-corrected chi connectivity index (χ0v) is 11.3. The summed E-state index contributed by atoms with van der Waals surface area (Å²) in [4.78, 5) is 6.97. The van der Waals surface area contributed by atoms with Crippen molar-refractivity contribution in [2.24, 2.45) is 4.99 Å². The highest BCUT2D eigenvalue weighted by molar-refractivity contribution is 7.99. The van der Waals surface area contributed by atoms with E-state index in [0.717, 1.165) is 5.69 Å². The molecule has 1 aliphatic rings. The number of nitrogens with zero attached hydrogens (tertiary/aromatic N) is 1. The fraction of sp³-hybridized carbons (Fsp3) is 0. The number of hydrogen-bond acceptors (Lipinski definition) is 2. The fourth-order valence-electron chi connectivity index (χ4n) is 1.59. The van der Waals surface area contributed by atoms with Gasteiger partial charge in [-0.1, -0.05) is 42.1 Å². The highest BCUT2D eigenvalue weighted by atomic mass is 35.5. The third-order valence-electron chi connectivity index (χ3n) is 2.35. The van der Waals surface area contributed by atoms with Crippen LogP contribution in [0.2, 0.25) is 0 Å². The van der Waals surface area contributed by atoms with Crippen molar-refractivity contribution in [1.82, 2.24) is 0 Å². The molecule has 0 fully saturated rings. The predicted molar refractivity (Wildman–Crippen MR) is 78.8 cm³/mol. The molecule has 0 N–H and O–H groups in total. The van der Waals surface area contributed by atoms with Gasteiger partial charge in [-0.15, -0.1) is 24.8 Å². The second-order valence-electron chi connectivity index (χ2n) is 3.37. The Bertz CT molecular complexity index is 493. The van der Waals surface area contributed by atoms with Crippen LogP contribution in [-0.2, 0) is 0 Å². The van der Waals surface area contributed by atoms with Crippen LogP contribution in [0.5, 0.6) is 0 Å². The molecule has 0 amide bonds. The monoisotopic (exact) mass is 283 g/mol. The van der Waals surface area contributed by atoms with E-state index >= 15 is 0 Å². The van der Waals surface area contributed by atoms with Crippen LogP contribution >= 0.6 is 36.6 Å². The van der Waals surface area contributed by atoms with E-state index in [-0.39, 0.29) is 24.8 Å². The number of fused-ring (bicyclic) bond motifs is 2. The van der Waals surface area contributed by atoms with E-state index in [1.165, 1.54) is 15.4 Å². The minimum Gasteiger partial charge on any atom is -0.255 e. The van der Waals surface area contributed by atoms with E-state index in [4.69, 9.17) is 0 Å². The molecule has 0 aromatic heterocycles. The normalized spacial score (nSPS) is 11.3. The Morgan fingerprint density at radius 2 is 1.41 bits per heavy atom. The van der Waals surface area contributed by atoms with Gasteiger partial charge >= 0.3 is 0 Å². The molecule has 17 heavy (non-hydrogen) atoms. The van der Waals surface area contributed by atoms with Crippen molar-refractivity contribution in [3.63, 3.8) is 0 Å². The lowest BCUT2D eigenvalue weighted by Gasteiger charge is -2.02. The van der Waals surface area contributed by atoms with Crippen molar-refractivity contribution in [1.29, 1.82) is 0 Å². The molecule has 88 valence electrons. The SMILES string of the molecule is C1=Nc2ccccc2Sc2ccccc21.Cl.Cl. The lowest BCUT2D eigenvalue weighted by molar-refractivity contribution is 1.39. The minimum atomic E-state index is 0. The summed E-state index contributed by atoms with van der Waals surface area (Å²) in [6.07, 6.45) is 1.94. The lowest BCUT2D eigenvalue weighted by atomic mass is 10.2. The Hall–Kier alpha value is -0.960. The number of benzene rings is 2. The van der Waals surface area contributed by atoms with Crippen molar-refractivity contribution in [3.8, 4) is 0 Å². The Morgan fingerprint density at radius 1 is 0.765 bits per heavy atom. The Morgan fingerprint density at radius 3 is 2.24 bits per heavy atom. The van der Waals surface area contributed by atoms with Gasteiger partial charge in [0.2, 0.25) is 0 Å². The van der Waals surface area contributed by atoms with Gasteiger partial charge < -0.3 is 0 Å². The summed E-state index contributed by atoms with van der Waals surface area (Å²) in [7, 11) is 0. The Labute approximate surface area is 117 Å². The summed E-state index contributed by atoms with van der Waals surface area (Å²) >= 11 is 1.78. The van der Waals surface area contributed by atoms with Gasteiger partial charge in [-0.3, -0.25) is 4.99 Å². The first-order valence-corrected chi connectivity index (χ1v) is 5.65. The van der Waals surface area contributed by atoms with Gasteiger partial charge in [0.05, 0.1) is 5.69 Å². The summed E-state index contributed by atoms with van der Waals surface area (Å²) < 4.78 is 0. The highest BCUT2D eigenvalue weighted by Crippen LogP contribution is 2.38. The number of para-hydroxylation sites is 1. The average Bonchev–Trinajstić information content (AvgIpc) is 2.48. The molecule has 3 rings (SSSR count). The Balaban J connectivity index is 0.000000722. The first-order valence-electron chi connectivity index (χ1n) is 4.83. The summed E-state index contributed by atoms with van der Waals surface area (Å²) in [5.41, 5.74) is 2.25. The van der Waals surface area contributed by atoms with Crippen molar-refractivity contribution < 1.29 is 0 Å². The molecule has 4 heteroatoms. The van der Waals surface area contributed by atoms with Gasteiger partial charge in [0.1, 0.15) is 0 Å². The number of aliphatic imine (C=N–C) groups is 1. The number of halogens is 2. The quantitative estimate of drug-likeness (QED) is 0.580. The van der Waals surface area contributed by atoms with Crippen molar-refractivity contribution in [2.45, 2.75) is 9.79 Å². The van der Waals surface area contributed by atoms with E-state index in [1.54, 1.807) is 11.8 Å². The summed E-state index contributed by atoms with van der Waals surface area (Å²) in [5.74, 6) is 0. The third-order valence-corrected chi connectivity index (χ3v) is 3.50. The molecule has 0 spiro atoms. The molecule has 2 aromatic rings. The molecular weight excluding hydrogens is 273 g/mol. The van der Waals surface area contributed by atoms with Crippen molar-refractivity contribution in [2.75, 3.05) is 0 Å². The largest absolute Gasteiger partial charge is 0.255 e. The minimum absolute atomic E-state index is 0. The van der Waals surface area contributed by atoms with Gasteiger partial charge in [0, 0.05) is 21.6 Å². The van der Waals surface area contributed by atoms with Gasteiger partial charge in [-0.2, -0.15) is 0 Å². The molecule has 0 unspecified atom stereocenters. The van der Waals surface area contributed by atoms with Gasteiger partial charge in [0.25, 0.3) is 0 Å². The number of rotatable bonds is 0. The average molecular weight is 284 g/mol. The second kappa shape index (κ2) is 6.10. The predicted octanol–water partition coefficient (Wildman–Crippen LogP) is 4.75. The standard InChI is InChI=1S/C13H9NS.2ClH/c1-3-7-12-10(5-1)9-14-11-6-2-4-8-13(11)15-12;;/h1-9H;2*1H. The van der Waals surface area contributed by atoms with Crippen LogP contribution < -0.4 is 0 Å². The molecule has 0 saturated heterocycles. The molecule has 1 nitrogen and oxygen atoms in total. The van der Waals surface area contributed by atoms with Crippen LogP contribution in [0.15, 0.2) is 63.3 Å². The third kappa shape index (κ3) is 2.83. The first-order chi connectivity index (χ1) is 7.43. The van der Waals surface area contributed by atoms with Crippen LogP contribution in [0.4, 0.5) is 5.69 Å². The summed E-state index contributed by atoms with van der Waals surface area (Å²) in [5, 5.41) is 0. The van der Waals surface area contributed by atoms with E-state index in [2.05, 4.69) is 35.3 Å². The highest BCUT2D eigenvalue weighted by Gasteiger charge is 2.08. The lowest BCUT2D eigenvalue weighted by Crippen LogP contribution is -1.81. The maximum Gasteiger partial charge on any atom is 0.0769 e. The smallest absolute Gasteiger partial charge is 0.0769 e. The fourth-order valence-corrected chi connectivity index (χ4v) is 2.58. The summed E-state index contributed by atoms with van der Waals surface area (Å²) in [6.45, 7) is 0. The zero-order valence-electron chi connectivity index (χ0n) is 8.87. The van der Waals surface area contributed by atoms with E-state index in [1.807, 2.05) is 24.4 Å². The van der Waals surface area contributed by atoms with Crippen LogP contribution in [0.3, 0.4) is 0 Å². The molecule has 1 heterocycles. The maximum atomic E-state index is 4.48. The van der Waals surface area contributed by atoms with Gasteiger partial charge in [-0.25, -0.2) is 0 Å². The molecular formula is C13H11Cl2NS. The van der Waals surface area contributed by atoms with Crippen molar-refractivity contribution in [3.05, 3.63) is 54.1 Å². The summed E-state index contributed by atoms with van der Waals surface area (Å²) in [6, 6.07) is 16.6. The van der Waals surface area contributed by atoms with Gasteiger partial charge in [-0.05, 0) is 18.2 Å². The van der Waals surface area contributed by atoms with Crippen LogP contribution in [-0.4, -0.2) is 6.21 Å². The van der Waals surface area contributed by atoms with E-state index < -0.39 is 0 Å². The van der Waals surface area contributed by atoms with Crippen LogP contribution in [0.1, 0.15) is 5.56 Å². The van der Waals surface area contributed by atoms with Crippen molar-refractivity contribution >= 4 is 48.5 Å². The number of hydrogen-bond donors (Lipinski definition) is 0. The Kier molecular flexibility index (Phi) is 5.06. The molecule has 0 saturated carbocycles. The molecule has 0 aliphatic carbocycles. The molecule has 0 bridgehead atoms.